The van der Waals surface area contributed by atoms with Gasteiger partial charge in [0.1, 0.15) is 11.5 Å². The third-order valence-electron chi connectivity index (χ3n) is 3.95. The van der Waals surface area contributed by atoms with Gasteiger partial charge in [-0.2, -0.15) is 13.2 Å². The predicted molar refractivity (Wildman–Crippen MR) is 101 cm³/mol. The Bertz CT molecular complexity index is 856. The van der Waals surface area contributed by atoms with Crippen LogP contribution in [0.2, 0.25) is 0 Å². The average molecular weight is 410 g/mol. The molecule has 0 atom stereocenters. The zero-order valence-corrected chi connectivity index (χ0v) is 16.0. The monoisotopic (exact) mass is 410 g/mol. The van der Waals surface area contributed by atoms with E-state index in [0.717, 1.165) is 12.1 Å². The number of benzene rings is 2. The van der Waals surface area contributed by atoms with Crippen molar-refractivity contribution in [1.82, 2.24) is 4.90 Å². The molecule has 0 aliphatic rings. The summed E-state index contributed by atoms with van der Waals surface area (Å²) in [5.41, 5.74) is -0.356. The molecule has 1 N–H and O–H groups in total. The molecule has 29 heavy (non-hydrogen) atoms. The van der Waals surface area contributed by atoms with Gasteiger partial charge in [-0.1, -0.05) is 12.1 Å². The first-order valence-electron chi connectivity index (χ1n) is 8.74. The summed E-state index contributed by atoms with van der Waals surface area (Å²) in [6.45, 7) is 1.21. The Kier molecular flexibility index (Phi) is 7.46. The highest BCUT2D eigenvalue weighted by Crippen LogP contribution is 2.31. The van der Waals surface area contributed by atoms with Crippen molar-refractivity contribution in [3.8, 4) is 11.5 Å². The van der Waals surface area contributed by atoms with Gasteiger partial charge in [0.2, 0.25) is 5.91 Å². The first-order chi connectivity index (χ1) is 13.7. The highest BCUT2D eigenvalue weighted by Gasteiger charge is 2.30. The fourth-order valence-corrected chi connectivity index (χ4v) is 2.45. The molecule has 0 fully saturated rings. The van der Waals surface area contributed by atoms with E-state index < -0.39 is 30.2 Å². The molecule has 2 rings (SSSR count). The first kappa shape index (κ1) is 22.1. The van der Waals surface area contributed by atoms with Gasteiger partial charge in [-0.3, -0.25) is 9.59 Å². The van der Waals surface area contributed by atoms with Crippen LogP contribution in [-0.4, -0.2) is 43.5 Å². The Morgan fingerprint density at radius 3 is 2.41 bits per heavy atom. The number of carbonyl (C=O) groups excluding carboxylic acids is 2. The van der Waals surface area contributed by atoms with Crippen LogP contribution in [0.4, 0.5) is 18.9 Å². The van der Waals surface area contributed by atoms with Gasteiger partial charge in [0.05, 0.1) is 19.2 Å². The van der Waals surface area contributed by atoms with Crippen LogP contribution in [0, 0.1) is 0 Å². The maximum absolute atomic E-state index is 12.7. The lowest BCUT2D eigenvalue weighted by Gasteiger charge is -2.20. The molecule has 2 aromatic carbocycles. The molecule has 0 bridgehead atoms. The van der Waals surface area contributed by atoms with E-state index in [1.54, 1.807) is 31.2 Å². The van der Waals surface area contributed by atoms with E-state index in [4.69, 9.17) is 9.47 Å². The first-order valence-corrected chi connectivity index (χ1v) is 8.74. The molecular formula is C20H21F3N2O4. The Labute approximate surface area is 166 Å². The van der Waals surface area contributed by atoms with Gasteiger partial charge in [-0.05, 0) is 37.3 Å². The van der Waals surface area contributed by atoms with E-state index in [0.29, 0.717) is 11.4 Å². The Morgan fingerprint density at radius 1 is 1.07 bits per heavy atom. The third-order valence-corrected chi connectivity index (χ3v) is 3.95. The number of anilines is 1. The highest BCUT2D eigenvalue weighted by atomic mass is 19.4. The van der Waals surface area contributed by atoms with Crippen LogP contribution in [0.5, 0.6) is 11.5 Å². The van der Waals surface area contributed by atoms with Crippen molar-refractivity contribution in [1.29, 1.82) is 0 Å². The van der Waals surface area contributed by atoms with Crippen molar-refractivity contribution in [3.63, 3.8) is 0 Å². The molecule has 0 aromatic heterocycles. The average Bonchev–Trinajstić information content (AvgIpc) is 2.70. The minimum absolute atomic E-state index is 0.0786. The topological polar surface area (TPSA) is 67.9 Å². The van der Waals surface area contributed by atoms with Gasteiger partial charge >= 0.3 is 6.18 Å². The number of halogens is 3. The van der Waals surface area contributed by atoms with Crippen LogP contribution < -0.4 is 14.8 Å². The molecule has 0 unspecified atom stereocenters. The van der Waals surface area contributed by atoms with Crippen molar-refractivity contribution < 1.29 is 32.2 Å². The molecule has 2 aromatic rings. The third kappa shape index (κ3) is 6.70. The number of likely N-dealkylation sites (N-methyl/N-ethyl adjacent to an activating group) is 1. The molecule has 0 saturated carbocycles. The van der Waals surface area contributed by atoms with Gasteiger partial charge in [0.25, 0.3) is 5.91 Å². The fourth-order valence-electron chi connectivity index (χ4n) is 2.45. The van der Waals surface area contributed by atoms with E-state index in [2.05, 4.69) is 5.32 Å². The van der Waals surface area contributed by atoms with Gasteiger partial charge in [0, 0.05) is 18.3 Å². The van der Waals surface area contributed by atoms with Crippen LogP contribution in [0.25, 0.3) is 0 Å². The van der Waals surface area contributed by atoms with Crippen molar-refractivity contribution in [2.75, 3.05) is 32.1 Å². The maximum Gasteiger partial charge on any atom is 0.416 e. The number of carbonyl (C=O) groups is 2. The number of amides is 2. The molecule has 0 saturated heterocycles. The summed E-state index contributed by atoms with van der Waals surface area (Å²) in [4.78, 5) is 25.7. The Balaban J connectivity index is 1.92. The van der Waals surface area contributed by atoms with Crippen molar-refractivity contribution in [2.45, 2.75) is 13.1 Å². The predicted octanol–water partition coefficient (Wildman–Crippen LogP) is 3.58. The summed E-state index contributed by atoms with van der Waals surface area (Å²) < 4.78 is 48.5. The van der Waals surface area contributed by atoms with E-state index >= 15 is 0 Å². The summed E-state index contributed by atoms with van der Waals surface area (Å²) in [6.07, 6.45) is -4.50. The number of nitrogens with zero attached hydrogens (tertiary/aromatic N) is 1. The molecule has 0 spiro atoms. The Morgan fingerprint density at radius 2 is 1.76 bits per heavy atom. The summed E-state index contributed by atoms with van der Waals surface area (Å²) in [5.74, 6) is -0.455. The van der Waals surface area contributed by atoms with Crippen LogP contribution in [0.15, 0.2) is 48.5 Å². The molecule has 9 heteroatoms. The standard InChI is InChI=1S/C20H21F3N2O4/c1-3-25(12-18(26)24-15-7-5-8-16(11-15)28-2)19(27)13-29-17-9-4-6-14(10-17)20(21,22)23/h4-11H,3,12-13H2,1-2H3,(H,24,26). The summed E-state index contributed by atoms with van der Waals surface area (Å²) in [7, 11) is 1.50. The van der Waals surface area contributed by atoms with E-state index in [1.807, 2.05) is 0 Å². The number of hydrogen-bond donors (Lipinski definition) is 1. The van der Waals surface area contributed by atoms with Gasteiger partial charge in [0.15, 0.2) is 6.61 Å². The molecule has 6 nitrogen and oxygen atoms in total. The van der Waals surface area contributed by atoms with Crippen molar-refractivity contribution in [3.05, 3.63) is 54.1 Å². The van der Waals surface area contributed by atoms with E-state index in [-0.39, 0.29) is 18.8 Å². The molecule has 156 valence electrons. The lowest BCUT2D eigenvalue weighted by molar-refractivity contribution is -0.137. The summed E-state index contributed by atoms with van der Waals surface area (Å²) in [5, 5.41) is 2.66. The normalized spacial score (nSPS) is 10.9. The smallest absolute Gasteiger partial charge is 0.416 e. The minimum Gasteiger partial charge on any atom is -0.497 e. The molecule has 0 aliphatic heterocycles. The zero-order valence-electron chi connectivity index (χ0n) is 16.0. The number of nitrogens with one attached hydrogen (secondary N) is 1. The highest BCUT2D eigenvalue weighted by molar-refractivity contribution is 5.94. The number of ether oxygens (including phenoxy) is 2. The number of hydrogen-bond acceptors (Lipinski definition) is 4. The molecule has 2 amide bonds. The second-order valence-corrected chi connectivity index (χ2v) is 6.00. The SMILES string of the molecule is CCN(CC(=O)Nc1cccc(OC)c1)C(=O)COc1cccc(C(F)(F)F)c1. The fraction of sp³-hybridized carbons (Fsp3) is 0.300. The van der Waals surface area contributed by atoms with E-state index in [9.17, 15) is 22.8 Å². The summed E-state index contributed by atoms with van der Waals surface area (Å²) >= 11 is 0. The quantitative estimate of drug-likeness (QED) is 0.722. The zero-order chi connectivity index (χ0) is 21.4. The van der Waals surface area contributed by atoms with E-state index in [1.165, 1.54) is 24.1 Å². The second-order valence-electron chi connectivity index (χ2n) is 6.00. The largest absolute Gasteiger partial charge is 0.497 e. The summed E-state index contributed by atoms with van der Waals surface area (Å²) in [6, 6.07) is 11.0. The Hall–Kier alpha value is -3.23. The lowest BCUT2D eigenvalue weighted by Crippen LogP contribution is -2.40. The molecule has 0 radical (unpaired) electrons. The maximum atomic E-state index is 12.7. The van der Waals surface area contributed by atoms with Gasteiger partial charge < -0.3 is 19.7 Å². The number of rotatable bonds is 8. The van der Waals surface area contributed by atoms with Crippen LogP contribution in [0.1, 0.15) is 12.5 Å². The molecule has 0 heterocycles. The van der Waals surface area contributed by atoms with Gasteiger partial charge in [-0.25, -0.2) is 0 Å². The van der Waals surface area contributed by atoms with Crippen LogP contribution in [-0.2, 0) is 15.8 Å². The second kappa shape index (κ2) is 9.81. The number of methoxy groups -OCH3 is 1. The van der Waals surface area contributed by atoms with Gasteiger partial charge in [-0.15, -0.1) is 0 Å². The lowest BCUT2D eigenvalue weighted by atomic mass is 10.2. The number of alkyl halides is 3. The minimum atomic E-state index is -4.50. The van der Waals surface area contributed by atoms with Crippen molar-refractivity contribution >= 4 is 17.5 Å². The van der Waals surface area contributed by atoms with Crippen molar-refractivity contribution in [2.24, 2.45) is 0 Å². The molecule has 0 aliphatic carbocycles. The molecular weight excluding hydrogens is 389 g/mol. The van der Waals surface area contributed by atoms with Crippen LogP contribution in [0.3, 0.4) is 0 Å². The van der Waals surface area contributed by atoms with Crippen LogP contribution >= 0.6 is 0 Å².